The van der Waals surface area contributed by atoms with E-state index in [1.165, 1.54) is 0 Å². The number of nitrogens with zero attached hydrogens (tertiary/aromatic N) is 2. The molecule has 102 valence electrons. The second-order valence-electron chi connectivity index (χ2n) is 4.29. The van der Waals surface area contributed by atoms with Crippen LogP contribution in [-0.2, 0) is 16.4 Å². The van der Waals surface area contributed by atoms with Crippen molar-refractivity contribution in [3.05, 3.63) is 35.7 Å². The van der Waals surface area contributed by atoms with Gasteiger partial charge in [0.1, 0.15) is 0 Å². The Morgan fingerprint density at radius 3 is 2.58 bits per heavy atom. The summed E-state index contributed by atoms with van der Waals surface area (Å²) in [5, 5.41) is 3.87. The average molecular weight is 281 g/mol. The zero-order valence-corrected chi connectivity index (χ0v) is 11.6. The van der Waals surface area contributed by atoms with Gasteiger partial charge in [0.05, 0.1) is 6.26 Å². The lowest BCUT2D eigenvalue weighted by molar-refractivity contribution is 0.379. The van der Waals surface area contributed by atoms with E-state index in [2.05, 4.69) is 14.9 Å². The van der Waals surface area contributed by atoms with Crippen LogP contribution in [0.15, 0.2) is 28.8 Å². The first kappa shape index (κ1) is 13.7. The third kappa shape index (κ3) is 4.15. The molecule has 19 heavy (non-hydrogen) atoms. The fraction of sp³-hybridized carbons (Fsp3) is 0.333. The zero-order valence-electron chi connectivity index (χ0n) is 10.8. The lowest BCUT2D eigenvalue weighted by Crippen LogP contribution is -2.24. The first-order chi connectivity index (χ1) is 8.94. The fourth-order valence-corrected chi connectivity index (χ4v) is 1.99. The topological polar surface area (TPSA) is 85.1 Å². The van der Waals surface area contributed by atoms with E-state index in [1.807, 2.05) is 31.2 Å². The molecular weight excluding hydrogens is 266 g/mol. The minimum atomic E-state index is -3.18. The predicted octanol–water partition coefficient (Wildman–Crippen LogP) is 1.14. The normalized spacial score (nSPS) is 11.7. The quantitative estimate of drug-likeness (QED) is 0.888. The summed E-state index contributed by atoms with van der Waals surface area (Å²) >= 11 is 0. The monoisotopic (exact) mass is 281 g/mol. The minimum absolute atomic E-state index is 0.244. The SMILES string of the molecule is Cc1ccc(-c2noc(CCNS(C)(=O)=O)n2)cc1. The summed E-state index contributed by atoms with van der Waals surface area (Å²) in [4.78, 5) is 4.22. The lowest BCUT2D eigenvalue weighted by Gasteiger charge is -1.97. The molecule has 0 aliphatic heterocycles. The average Bonchev–Trinajstić information content (AvgIpc) is 2.77. The molecule has 0 fully saturated rings. The summed E-state index contributed by atoms with van der Waals surface area (Å²) in [5.74, 6) is 0.918. The van der Waals surface area contributed by atoms with Crippen molar-refractivity contribution in [3.8, 4) is 11.4 Å². The van der Waals surface area contributed by atoms with Crippen LogP contribution in [0.4, 0.5) is 0 Å². The van der Waals surface area contributed by atoms with Crippen molar-refractivity contribution in [1.82, 2.24) is 14.9 Å². The van der Waals surface area contributed by atoms with Crippen LogP contribution in [0.25, 0.3) is 11.4 Å². The molecular formula is C12H15N3O3S. The Kier molecular flexibility index (Phi) is 3.96. The van der Waals surface area contributed by atoms with Crippen molar-refractivity contribution in [2.75, 3.05) is 12.8 Å². The van der Waals surface area contributed by atoms with Crippen molar-refractivity contribution in [3.63, 3.8) is 0 Å². The molecule has 1 heterocycles. The van der Waals surface area contributed by atoms with Crippen LogP contribution in [0.2, 0.25) is 0 Å². The van der Waals surface area contributed by atoms with E-state index in [9.17, 15) is 8.42 Å². The smallest absolute Gasteiger partial charge is 0.228 e. The van der Waals surface area contributed by atoms with Crippen molar-refractivity contribution < 1.29 is 12.9 Å². The summed E-state index contributed by atoms with van der Waals surface area (Å²) in [6.45, 7) is 2.25. The van der Waals surface area contributed by atoms with Gasteiger partial charge in [-0.1, -0.05) is 35.0 Å². The van der Waals surface area contributed by atoms with Crippen molar-refractivity contribution in [2.24, 2.45) is 0 Å². The van der Waals surface area contributed by atoms with Gasteiger partial charge in [0.2, 0.25) is 21.7 Å². The van der Waals surface area contributed by atoms with Gasteiger partial charge in [-0.3, -0.25) is 0 Å². The van der Waals surface area contributed by atoms with E-state index in [-0.39, 0.29) is 6.54 Å². The molecule has 0 unspecified atom stereocenters. The fourth-order valence-electron chi connectivity index (χ4n) is 1.52. The van der Waals surface area contributed by atoms with Crippen LogP contribution in [-0.4, -0.2) is 31.4 Å². The first-order valence-electron chi connectivity index (χ1n) is 5.78. The molecule has 2 rings (SSSR count). The molecule has 0 spiro atoms. The van der Waals surface area contributed by atoms with E-state index in [0.717, 1.165) is 17.4 Å². The van der Waals surface area contributed by atoms with E-state index < -0.39 is 10.0 Å². The highest BCUT2D eigenvalue weighted by atomic mass is 32.2. The molecule has 1 aromatic heterocycles. The lowest BCUT2D eigenvalue weighted by atomic mass is 10.1. The Morgan fingerprint density at radius 1 is 1.26 bits per heavy atom. The first-order valence-corrected chi connectivity index (χ1v) is 7.67. The number of hydrogen-bond acceptors (Lipinski definition) is 5. The van der Waals surface area contributed by atoms with Crippen LogP contribution in [0.1, 0.15) is 11.5 Å². The third-order valence-electron chi connectivity index (χ3n) is 2.48. The number of aromatic nitrogens is 2. The number of benzene rings is 1. The Labute approximate surface area is 111 Å². The molecule has 0 aliphatic rings. The molecule has 0 amide bonds. The third-order valence-corrected chi connectivity index (χ3v) is 3.21. The largest absolute Gasteiger partial charge is 0.339 e. The van der Waals surface area contributed by atoms with Gasteiger partial charge in [-0.15, -0.1) is 0 Å². The summed E-state index contributed by atoms with van der Waals surface area (Å²) < 4.78 is 29.2. The van der Waals surface area contributed by atoms with E-state index >= 15 is 0 Å². The predicted molar refractivity (Wildman–Crippen MR) is 71.0 cm³/mol. The van der Waals surface area contributed by atoms with Gasteiger partial charge >= 0.3 is 0 Å². The van der Waals surface area contributed by atoms with Crippen molar-refractivity contribution in [2.45, 2.75) is 13.3 Å². The Hall–Kier alpha value is -1.73. The van der Waals surface area contributed by atoms with Gasteiger partial charge in [-0.05, 0) is 6.92 Å². The van der Waals surface area contributed by atoms with Gasteiger partial charge in [-0.2, -0.15) is 4.98 Å². The summed E-state index contributed by atoms with van der Waals surface area (Å²) in [7, 11) is -3.18. The number of aryl methyl sites for hydroxylation is 1. The van der Waals surface area contributed by atoms with Gasteiger partial charge in [-0.25, -0.2) is 13.1 Å². The van der Waals surface area contributed by atoms with Crippen LogP contribution >= 0.6 is 0 Å². The van der Waals surface area contributed by atoms with Crippen LogP contribution in [0.3, 0.4) is 0 Å². The van der Waals surface area contributed by atoms with Crippen molar-refractivity contribution in [1.29, 1.82) is 0 Å². The highest BCUT2D eigenvalue weighted by Crippen LogP contribution is 2.16. The molecule has 6 nitrogen and oxygen atoms in total. The van der Waals surface area contributed by atoms with E-state index in [0.29, 0.717) is 18.1 Å². The second-order valence-corrected chi connectivity index (χ2v) is 6.13. The molecule has 0 atom stereocenters. The number of sulfonamides is 1. The van der Waals surface area contributed by atoms with Crippen LogP contribution < -0.4 is 4.72 Å². The van der Waals surface area contributed by atoms with Gasteiger partial charge in [0, 0.05) is 18.5 Å². The van der Waals surface area contributed by atoms with Gasteiger partial charge in [0.25, 0.3) is 0 Å². The summed E-state index contributed by atoms with van der Waals surface area (Å²) in [6.07, 6.45) is 1.48. The van der Waals surface area contributed by atoms with Crippen LogP contribution in [0, 0.1) is 6.92 Å². The molecule has 0 saturated carbocycles. The van der Waals surface area contributed by atoms with Gasteiger partial charge in [0.15, 0.2) is 0 Å². The molecule has 1 N–H and O–H groups in total. The number of hydrogen-bond donors (Lipinski definition) is 1. The maximum atomic E-state index is 10.9. The Balaban J connectivity index is 2.01. The highest BCUT2D eigenvalue weighted by Gasteiger charge is 2.09. The van der Waals surface area contributed by atoms with E-state index in [1.54, 1.807) is 0 Å². The molecule has 0 saturated heterocycles. The Bertz CT molecular complexity index is 647. The zero-order chi connectivity index (χ0) is 13.9. The molecule has 2 aromatic rings. The second kappa shape index (κ2) is 5.50. The molecule has 1 aromatic carbocycles. The minimum Gasteiger partial charge on any atom is -0.339 e. The van der Waals surface area contributed by atoms with Crippen molar-refractivity contribution >= 4 is 10.0 Å². The van der Waals surface area contributed by atoms with Gasteiger partial charge < -0.3 is 4.52 Å². The number of nitrogens with one attached hydrogen (secondary N) is 1. The van der Waals surface area contributed by atoms with Crippen LogP contribution in [0.5, 0.6) is 0 Å². The number of rotatable bonds is 5. The molecule has 7 heteroatoms. The van der Waals surface area contributed by atoms with E-state index in [4.69, 9.17) is 4.52 Å². The Morgan fingerprint density at radius 2 is 1.95 bits per heavy atom. The molecule has 0 aliphatic carbocycles. The molecule has 0 radical (unpaired) electrons. The molecule has 0 bridgehead atoms. The highest BCUT2D eigenvalue weighted by molar-refractivity contribution is 7.88. The maximum Gasteiger partial charge on any atom is 0.228 e. The summed E-state index contributed by atoms with van der Waals surface area (Å²) in [5.41, 5.74) is 2.03. The summed E-state index contributed by atoms with van der Waals surface area (Å²) in [6, 6.07) is 7.77. The maximum absolute atomic E-state index is 10.9. The standard InChI is InChI=1S/C12H15N3O3S/c1-9-3-5-10(6-4-9)12-14-11(18-15-12)7-8-13-19(2,16)17/h3-6,13H,7-8H2,1-2H3.